The Morgan fingerprint density at radius 3 is 2.58 bits per heavy atom. The normalized spacial score (nSPS) is 10.1. The molecule has 8 heteroatoms. The Balaban J connectivity index is 1.88. The summed E-state index contributed by atoms with van der Waals surface area (Å²) in [4.78, 5) is 22.1. The van der Waals surface area contributed by atoms with Crippen LogP contribution in [0.1, 0.15) is 10.4 Å². The zero-order chi connectivity index (χ0) is 17.5. The molecule has 2 rings (SSSR count). The maximum absolute atomic E-state index is 12.0. The summed E-state index contributed by atoms with van der Waals surface area (Å²) in [6.07, 6.45) is 0. The first-order valence-corrected chi connectivity index (χ1v) is 7.38. The topological polar surface area (TPSA) is 90.7 Å². The molecule has 0 aromatic heterocycles. The van der Waals surface area contributed by atoms with Crippen molar-refractivity contribution in [2.45, 2.75) is 0 Å². The standard InChI is InChI=1S/C16H15ClN2O5/c1-23-14-4-2-3-5-15(14)24-9-8-18-16(20)12-7-6-11(19(21)22)10-13(12)17/h2-7,10H,8-9H2,1H3,(H,18,20). The predicted octanol–water partition coefficient (Wildman–Crippen LogP) is 3.07. The zero-order valence-corrected chi connectivity index (χ0v) is 13.6. The maximum atomic E-state index is 12.0. The Labute approximate surface area is 143 Å². The fourth-order valence-electron chi connectivity index (χ4n) is 1.96. The van der Waals surface area contributed by atoms with Crippen LogP contribution in [-0.2, 0) is 0 Å². The lowest BCUT2D eigenvalue weighted by atomic mass is 10.2. The predicted molar refractivity (Wildman–Crippen MR) is 88.9 cm³/mol. The number of hydrogen-bond acceptors (Lipinski definition) is 5. The van der Waals surface area contributed by atoms with E-state index in [0.717, 1.165) is 6.07 Å². The molecular weight excluding hydrogens is 336 g/mol. The molecule has 0 saturated heterocycles. The van der Waals surface area contributed by atoms with Gasteiger partial charge in [-0.25, -0.2) is 0 Å². The maximum Gasteiger partial charge on any atom is 0.270 e. The molecule has 0 aliphatic rings. The molecule has 0 spiro atoms. The Morgan fingerprint density at radius 2 is 1.96 bits per heavy atom. The Hall–Kier alpha value is -2.80. The minimum atomic E-state index is -0.575. The number of methoxy groups -OCH3 is 1. The lowest BCUT2D eigenvalue weighted by molar-refractivity contribution is -0.384. The highest BCUT2D eigenvalue weighted by Gasteiger charge is 2.14. The minimum absolute atomic E-state index is 0.0207. The van der Waals surface area contributed by atoms with Crippen LogP contribution >= 0.6 is 11.6 Å². The van der Waals surface area contributed by atoms with Gasteiger partial charge in [-0.2, -0.15) is 0 Å². The van der Waals surface area contributed by atoms with Crippen LogP contribution in [0.5, 0.6) is 11.5 Å². The number of rotatable bonds is 7. The second-order valence-electron chi connectivity index (χ2n) is 4.68. The largest absolute Gasteiger partial charge is 0.493 e. The number of carbonyl (C=O) groups excluding carboxylic acids is 1. The van der Waals surface area contributed by atoms with Crippen molar-refractivity contribution in [1.82, 2.24) is 5.32 Å². The fraction of sp³-hybridized carbons (Fsp3) is 0.188. The molecule has 24 heavy (non-hydrogen) atoms. The van der Waals surface area contributed by atoms with E-state index in [1.807, 2.05) is 12.1 Å². The van der Waals surface area contributed by atoms with E-state index in [-0.39, 0.29) is 29.4 Å². The molecule has 0 radical (unpaired) electrons. The van der Waals surface area contributed by atoms with Crippen LogP contribution in [0.25, 0.3) is 0 Å². The van der Waals surface area contributed by atoms with Gasteiger partial charge in [0.15, 0.2) is 11.5 Å². The van der Waals surface area contributed by atoms with E-state index in [9.17, 15) is 14.9 Å². The van der Waals surface area contributed by atoms with Gasteiger partial charge in [-0.15, -0.1) is 0 Å². The number of ether oxygens (including phenoxy) is 2. The first-order valence-electron chi connectivity index (χ1n) is 7.01. The van der Waals surface area contributed by atoms with Gasteiger partial charge >= 0.3 is 0 Å². The van der Waals surface area contributed by atoms with Crippen molar-refractivity contribution >= 4 is 23.2 Å². The Kier molecular flexibility index (Phi) is 5.97. The first kappa shape index (κ1) is 17.6. The molecule has 7 nitrogen and oxygen atoms in total. The number of hydrogen-bond donors (Lipinski definition) is 1. The number of carbonyl (C=O) groups is 1. The second kappa shape index (κ2) is 8.16. The lowest BCUT2D eigenvalue weighted by Crippen LogP contribution is -2.28. The molecule has 1 N–H and O–H groups in total. The number of nitrogens with one attached hydrogen (secondary N) is 1. The first-order chi connectivity index (χ1) is 11.5. The summed E-state index contributed by atoms with van der Waals surface area (Å²) in [5.74, 6) is 0.739. The molecule has 126 valence electrons. The molecule has 0 fully saturated rings. The molecule has 2 aromatic carbocycles. The summed E-state index contributed by atoms with van der Waals surface area (Å²) in [6, 6.07) is 10.8. The molecule has 2 aromatic rings. The van der Waals surface area contributed by atoms with Crippen molar-refractivity contribution in [3.63, 3.8) is 0 Å². The van der Waals surface area contributed by atoms with Gasteiger partial charge in [0.2, 0.25) is 0 Å². The number of para-hydroxylation sites is 2. The summed E-state index contributed by atoms with van der Waals surface area (Å²) < 4.78 is 10.7. The molecule has 0 atom stereocenters. The van der Waals surface area contributed by atoms with Gasteiger partial charge < -0.3 is 14.8 Å². The van der Waals surface area contributed by atoms with E-state index in [0.29, 0.717) is 11.5 Å². The summed E-state index contributed by atoms with van der Waals surface area (Å²) >= 11 is 5.90. The Bertz CT molecular complexity index is 751. The van der Waals surface area contributed by atoms with Crippen molar-refractivity contribution in [2.75, 3.05) is 20.3 Å². The van der Waals surface area contributed by atoms with E-state index < -0.39 is 10.8 Å². The summed E-state index contributed by atoms with van der Waals surface area (Å²) in [5.41, 5.74) is -0.00406. The van der Waals surface area contributed by atoms with E-state index in [1.54, 1.807) is 19.2 Å². The molecule has 0 bridgehead atoms. The van der Waals surface area contributed by atoms with Crippen LogP contribution in [0, 0.1) is 10.1 Å². The van der Waals surface area contributed by atoms with Crippen LogP contribution in [0.4, 0.5) is 5.69 Å². The third-order valence-electron chi connectivity index (χ3n) is 3.12. The average molecular weight is 351 g/mol. The van der Waals surface area contributed by atoms with Gasteiger partial charge in [-0.1, -0.05) is 23.7 Å². The van der Waals surface area contributed by atoms with Crippen molar-refractivity contribution < 1.29 is 19.2 Å². The van der Waals surface area contributed by atoms with Crippen molar-refractivity contribution in [3.8, 4) is 11.5 Å². The van der Waals surface area contributed by atoms with Crippen LogP contribution in [0.2, 0.25) is 5.02 Å². The van der Waals surface area contributed by atoms with Crippen molar-refractivity contribution in [3.05, 3.63) is 63.2 Å². The van der Waals surface area contributed by atoms with Crippen molar-refractivity contribution in [1.29, 1.82) is 0 Å². The highest BCUT2D eigenvalue weighted by atomic mass is 35.5. The number of nitrogens with zero attached hydrogens (tertiary/aromatic N) is 1. The second-order valence-corrected chi connectivity index (χ2v) is 5.08. The highest BCUT2D eigenvalue weighted by molar-refractivity contribution is 6.34. The van der Waals surface area contributed by atoms with Crippen LogP contribution in [-0.4, -0.2) is 31.1 Å². The quantitative estimate of drug-likeness (QED) is 0.471. The molecule has 0 aliphatic carbocycles. The number of nitro benzene ring substituents is 1. The van der Waals surface area contributed by atoms with Gasteiger partial charge in [0.25, 0.3) is 11.6 Å². The van der Waals surface area contributed by atoms with E-state index in [1.165, 1.54) is 12.1 Å². The average Bonchev–Trinajstić information content (AvgIpc) is 2.58. The Morgan fingerprint density at radius 1 is 1.25 bits per heavy atom. The van der Waals surface area contributed by atoms with E-state index in [4.69, 9.17) is 21.1 Å². The summed E-state index contributed by atoms with van der Waals surface area (Å²) in [5, 5.41) is 13.3. The molecule has 0 aliphatic heterocycles. The van der Waals surface area contributed by atoms with Gasteiger partial charge in [-0.3, -0.25) is 14.9 Å². The minimum Gasteiger partial charge on any atom is -0.493 e. The third-order valence-corrected chi connectivity index (χ3v) is 3.44. The van der Waals surface area contributed by atoms with E-state index in [2.05, 4.69) is 5.32 Å². The van der Waals surface area contributed by atoms with Crippen LogP contribution in [0.15, 0.2) is 42.5 Å². The third kappa shape index (κ3) is 4.36. The van der Waals surface area contributed by atoms with Crippen molar-refractivity contribution in [2.24, 2.45) is 0 Å². The number of benzene rings is 2. The number of non-ortho nitro benzene ring substituents is 1. The van der Waals surface area contributed by atoms with Crippen LogP contribution in [0.3, 0.4) is 0 Å². The number of amides is 1. The number of halogens is 1. The fourth-order valence-corrected chi connectivity index (χ4v) is 2.22. The van der Waals surface area contributed by atoms with Gasteiger partial charge in [0.05, 0.1) is 29.2 Å². The highest BCUT2D eigenvalue weighted by Crippen LogP contribution is 2.25. The molecule has 0 saturated carbocycles. The summed E-state index contributed by atoms with van der Waals surface area (Å²) in [6.45, 7) is 0.473. The van der Waals surface area contributed by atoms with Gasteiger partial charge in [-0.05, 0) is 18.2 Å². The van der Waals surface area contributed by atoms with Gasteiger partial charge in [0.1, 0.15) is 6.61 Å². The number of nitro groups is 1. The van der Waals surface area contributed by atoms with Crippen LogP contribution < -0.4 is 14.8 Å². The monoisotopic (exact) mass is 350 g/mol. The molecule has 1 amide bonds. The van der Waals surface area contributed by atoms with Gasteiger partial charge in [0, 0.05) is 12.1 Å². The zero-order valence-electron chi connectivity index (χ0n) is 12.8. The molecule has 0 heterocycles. The smallest absolute Gasteiger partial charge is 0.270 e. The molecular formula is C16H15ClN2O5. The SMILES string of the molecule is COc1ccccc1OCCNC(=O)c1ccc([N+](=O)[O-])cc1Cl. The lowest BCUT2D eigenvalue weighted by Gasteiger charge is -2.11. The molecule has 0 unspecified atom stereocenters. The van der Waals surface area contributed by atoms with E-state index >= 15 is 0 Å². The summed E-state index contributed by atoms with van der Waals surface area (Å²) in [7, 11) is 1.54.